The van der Waals surface area contributed by atoms with Crippen LogP contribution in [0.4, 0.5) is 11.4 Å². The van der Waals surface area contributed by atoms with Crippen molar-refractivity contribution in [2.24, 2.45) is 5.73 Å². The number of anilines is 2. The first-order valence-corrected chi connectivity index (χ1v) is 14.8. The van der Waals surface area contributed by atoms with Gasteiger partial charge in [0.05, 0.1) is 25.7 Å². The zero-order chi connectivity index (χ0) is 31.0. The maximum atomic E-state index is 13.9. The Bertz CT molecular complexity index is 1830. The molecule has 8 nitrogen and oxygen atoms in total. The van der Waals surface area contributed by atoms with Gasteiger partial charge in [0.15, 0.2) is 11.0 Å². The molecule has 0 aliphatic carbocycles. The zero-order valence-corrected chi connectivity index (χ0v) is 25.5. The van der Waals surface area contributed by atoms with Crippen LogP contribution in [0.5, 0.6) is 11.5 Å². The number of carbonyl (C=O) groups is 1. The van der Waals surface area contributed by atoms with E-state index in [4.69, 9.17) is 19.6 Å². The molecule has 1 aromatic heterocycles. The van der Waals surface area contributed by atoms with Crippen LogP contribution in [0, 0.1) is 0 Å². The van der Waals surface area contributed by atoms with Gasteiger partial charge >= 0.3 is 0 Å². The fraction of sp³-hybridized carbons (Fsp3) is 0.278. The Morgan fingerprint density at radius 1 is 1.02 bits per heavy atom. The molecular weight excluding hydrogens is 554 g/mol. The molecule has 8 heteroatoms. The Hall–Kier alpha value is -4.66. The molecule has 0 radical (unpaired) electrons. The van der Waals surface area contributed by atoms with Gasteiger partial charge in [0.2, 0.25) is 0 Å². The number of hydrogen-bond donors (Lipinski definition) is 1. The lowest BCUT2D eigenvalue weighted by Crippen LogP contribution is -2.46. The highest BCUT2D eigenvalue weighted by Gasteiger charge is 2.32. The van der Waals surface area contributed by atoms with Gasteiger partial charge in [-0.2, -0.15) is 0 Å². The fourth-order valence-corrected chi connectivity index (χ4v) is 6.30. The van der Waals surface area contributed by atoms with Crippen LogP contribution in [0.15, 0.2) is 88.2 Å². The van der Waals surface area contributed by atoms with E-state index in [9.17, 15) is 9.59 Å². The second-order valence-corrected chi connectivity index (χ2v) is 12.0. The second kappa shape index (κ2) is 11.8. The van der Waals surface area contributed by atoms with E-state index < -0.39 is 5.92 Å². The van der Waals surface area contributed by atoms with Crippen molar-refractivity contribution in [3.63, 3.8) is 0 Å². The summed E-state index contributed by atoms with van der Waals surface area (Å²) in [5.41, 5.74) is 11.0. The standard InChI is InChI=1S/C36H37N3O5/c1-36(2,37)22-38-16-14-23(15-17-38)33-31(42-3)19-32(43-4)34-29(41)18-30(44-35(33)34)26-20-39(24-10-6-5-7-11-24)28-13-9-8-12-25(28)27(26)21-40/h5-14,18-21,27H,15-17,22,37H2,1-4H3. The summed E-state index contributed by atoms with van der Waals surface area (Å²) in [5.74, 6) is 0.596. The third-order valence-corrected chi connectivity index (χ3v) is 8.20. The van der Waals surface area contributed by atoms with Crippen molar-refractivity contribution in [1.29, 1.82) is 0 Å². The Kier molecular flexibility index (Phi) is 7.88. The first-order chi connectivity index (χ1) is 21.2. The van der Waals surface area contributed by atoms with Crippen molar-refractivity contribution in [2.45, 2.75) is 31.7 Å². The van der Waals surface area contributed by atoms with Crippen LogP contribution in [-0.2, 0) is 4.79 Å². The number of aldehydes is 1. The van der Waals surface area contributed by atoms with E-state index in [2.05, 4.69) is 11.0 Å². The number of rotatable bonds is 8. The average Bonchev–Trinajstić information content (AvgIpc) is 3.03. The molecule has 3 heterocycles. The number of carbonyl (C=O) groups excluding carboxylic acids is 1. The van der Waals surface area contributed by atoms with Crippen LogP contribution in [-0.4, -0.2) is 50.6 Å². The van der Waals surface area contributed by atoms with Crippen molar-refractivity contribution < 1.29 is 18.7 Å². The molecule has 6 rings (SSSR count). The molecule has 3 aromatic carbocycles. The lowest BCUT2D eigenvalue weighted by atomic mass is 9.86. The van der Waals surface area contributed by atoms with Gasteiger partial charge in [-0.3, -0.25) is 9.69 Å². The summed E-state index contributed by atoms with van der Waals surface area (Å²) < 4.78 is 18.2. The lowest BCUT2D eigenvalue weighted by molar-refractivity contribution is -0.108. The fourth-order valence-electron chi connectivity index (χ4n) is 6.30. The van der Waals surface area contributed by atoms with E-state index >= 15 is 0 Å². The van der Waals surface area contributed by atoms with Crippen LogP contribution in [0.1, 0.15) is 43.1 Å². The van der Waals surface area contributed by atoms with Crippen LogP contribution in [0.3, 0.4) is 0 Å². The molecule has 1 unspecified atom stereocenters. The highest BCUT2D eigenvalue weighted by Crippen LogP contribution is 2.46. The molecule has 2 aliphatic rings. The number of ether oxygens (including phenoxy) is 2. The topological polar surface area (TPSA) is 98.2 Å². The van der Waals surface area contributed by atoms with Crippen LogP contribution >= 0.6 is 0 Å². The molecule has 0 bridgehead atoms. The molecule has 1 atom stereocenters. The number of allylic oxidation sites excluding steroid dienone is 1. The summed E-state index contributed by atoms with van der Waals surface area (Å²) in [6.07, 6.45) is 5.66. The minimum Gasteiger partial charge on any atom is -0.496 e. The van der Waals surface area contributed by atoms with E-state index in [0.29, 0.717) is 45.9 Å². The minimum atomic E-state index is -0.634. The summed E-state index contributed by atoms with van der Waals surface area (Å²) in [6.45, 7) is 6.31. The Morgan fingerprint density at radius 3 is 2.41 bits per heavy atom. The Labute approximate surface area is 257 Å². The first kappa shape index (κ1) is 29.4. The smallest absolute Gasteiger partial charge is 0.197 e. The summed E-state index contributed by atoms with van der Waals surface area (Å²) in [6, 6.07) is 20.9. The summed E-state index contributed by atoms with van der Waals surface area (Å²) in [5, 5.41) is 0.331. The maximum absolute atomic E-state index is 13.9. The highest BCUT2D eigenvalue weighted by atomic mass is 16.5. The largest absolute Gasteiger partial charge is 0.496 e. The van der Waals surface area contributed by atoms with Crippen LogP contribution in [0.2, 0.25) is 0 Å². The molecular formula is C36H37N3O5. The molecule has 4 aromatic rings. The summed E-state index contributed by atoms with van der Waals surface area (Å²) in [4.78, 5) is 30.9. The summed E-state index contributed by atoms with van der Waals surface area (Å²) >= 11 is 0. The van der Waals surface area contributed by atoms with Crippen LogP contribution in [0.25, 0.3) is 22.1 Å². The number of nitrogens with two attached hydrogens (primary N) is 1. The predicted octanol–water partition coefficient (Wildman–Crippen LogP) is 6.11. The normalized spacial score (nSPS) is 17.1. The van der Waals surface area contributed by atoms with Gasteiger partial charge in [0.25, 0.3) is 0 Å². The van der Waals surface area contributed by atoms with Crippen molar-refractivity contribution in [3.05, 3.63) is 106 Å². The van der Waals surface area contributed by atoms with Crippen LogP contribution < -0.4 is 25.5 Å². The number of benzene rings is 3. The van der Waals surface area contributed by atoms with E-state index in [1.165, 1.54) is 13.2 Å². The number of fused-ring (bicyclic) bond motifs is 2. The SMILES string of the molecule is COc1cc(OC)c2c(=O)cc(C3=CN(c4ccccc4)c4ccccc4C3C=O)oc2c1C1=CCN(CC(C)(C)N)CC1. The highest BCUT2D eigenvalue weighted by molar-refractivity contribution is 5.98. The maximum Gasteiger partial charge on any atom is 0.197 e. The molecule has 44 heavy (non-hydrogen) atoms. The second-order valence-electron chi connectivity index (χ2n) is 12.0. The van der Waals surface area contributed by atoms with Gasteiger partial charge < -0.3 is 29.3 Å². The van der Waals surface area contributed by atoms with Gasteiger partial charge in [-0.15, -0.1) is 0 Å². The molecule has 2 N–H and O–H groups in total. The van der Waals surface area contributed by atoms with Gasteiger partial charge in [-0.1, -0.05) is 42.5 Å². The van der Waals surface area contributed by atoms with Crippen molar-refractivity contribution in [3.8, 4) is 11.5 Å². The molecule has 0 fully saturated rings. The van der Waals surface area contributed by atoms with Gasteiger partial charge in [0, 0.05) is 60.5 Å². The van der Waals surface area contributed by atoms with E-state index in [1.54, 1.807) is 13.2 Å². The van der Waals surface area contributed by atoms with E-state index in [1.807, 2.05) is 79.5 Å². The average molecular weight is 592 g/mol. The molecule has 0 spiro atoms. The number of methoxy groups -OCH3 is 2. The molecule has 0 saturated carbocycles. The third kappa shape index (κ3) is 5.42. The minimum absolute atomic E-state index is 0.263. The molecule has 226 valence electrons. The monoisotopic (exact) mass is 591 g/mol. The van der Waals surface area contributed by atoms with Gasteiger partial charge in [-0.05, 0) is 49.6 Å². The van der Waals surface area contributed by atoms with Crippen molar-refractivity contribution in [1.82, 2.24) is 4.90 Å². The number of nitrogens with zero attached hydrogens (tertiary/aromatic N) is 2. The van der Waals surface area contributed by atoms with Gasteiger partial charge in [0.1, 0.15) is 28.9 Å². The number of hydrogen-bond acceptors (Lipinski definition) is 8. The Morgan fingerprint density at radius 2 is 1.75 bits per heavy atom. The Balaban J connectivity index is 1.56. The number of para-hydroxylation sites is 2. The quantitative estimate of drug-likeness (QED) is 0.245. The molecule has 0 saturated heterocycles. The first-order valence-electron chi connectivity index (χ1n) is 14.8. The molecule has 2 aliphatic heterocycles. The molecule has 0 amide bonds. The third-order valence-electron chi connectivity index (χ3n) is 8.20. The summed E-state index contributed by atoms with van der Waals surface area (Å²) in [7, 11) is 3.12. The van der Waals surface area contributed by atoms with Crippen molar-refractivity contribution in [2.75, 3.05) is 38.8 Å². The van der Waals surface area contributed by atoms with Crippen molar-refractivity contribution >= 4 is 39.8 Å². The predicted molar refractivity (Wildman–Crippen MR) is 175 cm³/mol. The van der Waals surface area contributed by atoms with Gasteiger partial charge in [-0.25, -0.2) is 0 Å². The zero-order valence-electron chi connectivity index (χ0n) is 25.5. The van der Waals surface area contributed by atoms with E-state index in [0.717, 1.165) is 48.3 Å². The lowest BCUT2D eigenvalue weighted by Gasteiger charge is -2.33. The van der Waals surface area contributed by atoms with E-state index in [-0.39, 0.29) is 11.0 Å².